The van der Waals surface area contributed by atoms with Gasteiger partial charge in [-0.25, -0.2) is 0 Å². The highest BCUT2D eigenvalue weighted by atomic mass is 16.5. The first-order valence-electron chi connectivity index (χ1n) is 15.4. The number of methoxy groups -OCH3 is 2. The van der Waals surface area contributed by atoms with Crippen LogP contribution >= 0.6 is 0 Å². The zero-order valence-electron chi connectivity index (χ0n) is 25.3. The summed E-state index contributed by atoms with van der Waals surface area (Å²) in [7, 11) is 3.59. The summed E-state index contributed by atoms with van der Waals surface area (Å²) >= 11 is 0. The molecule has 2 heteroatoms. The second kappa shape index (κ2) is 12.3. The predicted octanol–water partition coefficient (Wildman–Crippen LogP) is 11.2. The van der Waals surface area contributed by atoms with Gasteiger partial charge in [-0.2, -0.15) is 0 Å². The smallest absolute Gasteiger partial charge is 0.135 e. The molecule has 0 aromatic heterocycles. The lowest BCUT2D eigenvalue weighted by atomic mass is 9.83. The van der Waals surface area contributed by atoms with E-state index < -0.39 is 0 Å². The molecule has 6 aromatic carbocycles. The van der Waals surface area contributed by atoms with Gasteiger partial charge in [-0.3, -0.25) is 0 Å². The van der Waals surface area contributed by atoms with E-state index in [-0.39, 0.29) is 0 Å². The van der Waals surface area contributed by atoms with E-state index in [4.69, 9.17) is 9.47 Å². The lowest BCUT2D eigenvalue weighted by Gasteiger charge is -2.23. The quantitative estimate of drug-likeness (QED) is 0.157. The van der Waals surface area contributed by atoms with Crippen molar-refractivity contribution >= 4 is 32.3 Å². The average molecular weight is 553 g/mol. The Labute approximate surface area is 249 Å². The maximum absolute atomic E-state index is 6.33. The topological polar surface area (TPSA) is 18.5 Å². The second-order valence-corrected chi connectivity index (χ2v) is 11.3. The first kappa shape index (κ1) is 27.8. The Hall–Kier alpha value is -4.30. The zero-order chi connectivity index (χ0) is 29.1. The largest absolute Gasteiger partial charge is 0.495 e. The molecule has 0 fully saturated rings. The second-order valence-electron chi connectivity index (χ2n) is 11.3. The van der Waals surface area contributed by atoms with Crippen LogP contribution in [0.15, 0.2) is 97.1 Å². The number of ether oxygens (including phenoxy) is 2. The predicted molar refractivity (Wildman–Crippen MR) is 180 cm³/mol. The van der Waals surface area contributed by atoms with Crippen LogP contribution in [-0.2, 0) is 12.8 Å². The van der Waals surface area contributed by atoms with Crippen molar-refractivity contribution < 1.29 is 9.47 Å². The number of fused-ring (bicyclic) bond motifs is 3. The van der Waals surface area contributed by atoms with Gasteiger partial charge in [0.05, 0.1) is 14.2 Å². The fourth-order valence-corrected chi connectivity index (χ4v) is 6.50. The van der Waals surface area contributed by atoms with Crippen LogP contribution in [0.4, 0.5) is 0 Å². The van der Waals surface area contributed by atoms with Crippen LogP contribution in [-0.4, -0.2) is 14.2 Å². The minimum Gasteiger partial charge on any atom is -0.495 e. The summed E-state index contributed by atoms with van der Waals surface area (Å²) in [6.07, 6.45) is 7.01. The Morgan fingerprint density at radius 3 is 1.14 bits per heavy atom. The van der Waals surface area contributed by atoms with E-state index in [1.807, 2.05) is 0 Å². The van der Waals surface area contributed by atoms with Gasteiger partial charge in [0, 0.05) is 32.7 Å². The Morgan fingerprint density at radius 2 is 0.810 bits per heavy atom. The Bertz CT molecular complexity index is 1710. The van der Waals surface area contributed by atoms with Gasteiger partial charge in [0.15, 0.2) is 0 Å². The summed E-state index contributed by atoms with van der Waals surface area (Å²) in [6.45, 7) is 4.49. The van der Waals surface area contributed by atoms with Gasteiger partial charge < -0.3 is 9.47 Å². The molecule has 6 rings (SSSR count). The van der Waals surface area contributed by atoms with Crippen molar-refractivity contribution in [2.75, 3.05) is 14.2 Å². The van der Waals surface area contributed by atoms with E-state index in [0.717, 1.165) is 45.9 Å². The van der Waals surface area contributed by atoms with Gasteiger partial charge in [-0.1, -0.05) is 124 Å². The average Bonchev–Trinajstić information content (AvgIpc) is 3.05. The lowest BCUT2D eigenvalue weighted by molar-refractivity contribution is 0.418. The van der Waals surface area contributed by atoms with Crippen LogP contribution in [0, 0.1) is 0 Å². The molecule has 2 nitrogen and oxygen atoms in total. The highest BCUT2D eigenvalue weighted by Crippen LogP contribution is 2.53. The Morgan fingerprint density at radius 1 is 0.452 bits per heavy atom. The van der Waals surface area contributed by atoms with Crippen LogP contribution in [0.5, 0.6) is 11.5 Å². The van der Waals surface area contributed by atoms with Gasteiger partial charge in [0.25, 0.3) is 0 Å². The highest BCUT2D eigenvalue weighted by molar-refractivity contribution is 6.28. The molecule has 0 bridgehead atoms. The molecule has 0 N–H and O–H groups in total. The number of benzene rings is 6. The van der Waals surface area contributed by atoms with Crippen molar-refractivity contribution in [2.24, 2.45) is 0 Å². The van der Waals surface area contributed by atoms with Gasteiger partial charge in [0.2, 0.25) is 0 Å². The van der Waals surface area contributed by atoms with Gasteiger partial charge in [0.1, 0.15) is 11.5 Å². The minimum absolute atomic E-state index is 0.887. The van der Waals surface area contributed by atoms with Crippen molar-refractivity contribution in [1.29, 1.82) is 0 Å². The van der Waals surface area contributed by atoms with Crippen molar-refractivity contribution in [3.63, 3.8) is 0 Å². The van der Waals surface area contributed by atoms with E-state index in [1.165, 1.54) is 69.8 Å². The van der Waals surface area contributed by atoms with Crippen LogP contribution in [0.3, 0.4) is 0 Å². The number of unbranched alkanes of at least 4 members (excludes halogenated alkanes) is 2. The van der Waals surface area contributed by atoms with E-state index in [2.05, 4.69) is 111 Å². The molecule has 0 radical (unpaired) electrons. The summed E-state index contributed by atoms with van der Waals surface area (Å²) in [5.74, 6) is 1.77. The number of hydrogen-bond donors (Lipinski definition) is 0. The minimum atomic E-state index is 0.887. The lowest BCUT2D eigenvalue weighted by Crippen LogP contribution is -1.98. The number of aryl methyl sites for hydroxylation is 2. The van der Waals surface area contributed by atoms with Crippen molar-refractivity contribution in [1.82, 2.24) is 0 Å². The third-order valence-corrected chi connectivity index (χ3v) is 8.62. The summed E-state index contributed by atoms with van der Waals surface area (Å²) in [4.78, 5) is 0. The van der Waals surface area contributed by atoms with Gasteiger partial charge in [-0.05, 0) is 58.7 Å². The van der Waals surface area contributed by atoms with Crippen LogP contribution in [0.1, 0.15) is 50.7 Å². The van der Waals surface area contributed by atoms with Crippen LogP contribution < -0.4 is 9.47 Å². The number of rotatable bonds is 10. The molecular formula is C40H40O2. The Kier molecular flexibility index (Phi) is 8.15. The molecular weight excluding hydrogens is 512 g/mol. The fourth-order valence-electron chi connectivity index (χ4n) is 6.50. The molecule has 0 unspecified atom stereocenters. The molecule has 0 spiro atoms. The summed E-state index contributed by atoms with van der Waals surface area (Å²) in [5, 5.41) is 6.73. The maximum atomic E-state index is 6.33. The van der Waals surface area contributed by atoms with E-state index >= 15 is 0 Å². The molecule has 0 aliphatic rings. The molecule has 0 saturated carbocycles. The summed E-state index contributed by atoms with van der Waals surface area (Å²) in [5.41, 5.74) is 7.51. The van der Waals surface area contributed by atoms with Crippen molar-refractivity contribution in [2.45, 2.75) is 52.4 Å². The molecule has 0 atom stereocenters. The molecule has 0 saturated heterocycles. The molecule has 212 valence electrons. The van der Waals surface area contributed by atoms with E-state index in [1.54, 1.807) is 14.2 Å². The molecule has 42 heavy (non-hydrogen) atoms. The zero-order valence-corrected chi connectivity index (χ0v) is 25.3. The van der Waals surface area contributed by atoms with Crippen molar-refractivity contribution in [3.05, 3.63) is 108 Å². The molecule has 0 aliphatic heterocycles. The highest BCUT2D eigenvalue weighted by Gasteiger charge is 2.25. The van der Waals surface area contributed by atoms with E-state index in [0.29, 0.717) is 0 Å². The third kappa shape index (κ3) is 4.90. The SMILES string of the molecule is CCCCc1ccc(-c2c3ccccc3c(-c3ccc(CCCC)cc3)c3c(OC)c4ccccc4c(OC)c23)cc1. The molecule has 0 aliphatic carbocycles. The fraction of sp³-hybridized carbons (Fsp3) is 0.250. The molecule has 0 heterocycles. The monoisotopic (exact) mass is 552 g/mol. The van der Waals surface area contributed by atoms with Crippen molar-refractivity contribution in [3.8, 4) is 33.8 Å². The molecule has 0 amide bonds. The standard InChI is InChI=1S/C40H40O2/c1-5-7-13-27-19-23-29(24-20-27)35-31-15-9-10-16-32(31)36(30-25-21-28(22-26-30)14-8-6-2)38-37(35)39(41-3)33-17-11-12-18-34(33)40(38)42-4/h9-12,15-26H,5-8,13-14H2,1-4H3. The maximum Gasteiger partial charge on any atom is 0.135 e. The van der Waals surface area contributed by atoms with Gasteiger partial charge >= 0.3 is 0 Å². The summed E-state index contributed by atoms with van der Waals surface area (Å²) < 4.78 is 12.7. The normalized spacial score (nSPS) is 11.4. The van der Waals surface area contributed by atoms with Gasteiger partial charge in [-0.15, -0.1) is 0 Å². The molecule has 6 aromatic rings. The van der Waals surface area contributed by atoms with E-state index in [9.17, 15) is 0 Å². The van der Waals surface area contributed by atoms with Crippen LogP contribution in [0.2, 0.25) is 0 Å². The first-order valence-corrected chi connectivity index (χ1v) is 15.4. The Balaban J connectivity index is 1.77. The first-order chi connectivity index (χ1) is 20.7. The summed E-state index contributed by atoms with van der Waals surface area (Å²) in [6, 6.07) is 35.6. The van der Waals surface area contributed by atoms with Crippen LogP contribution in [0.25, 0.3) is 54.6 Å². The third-order valence-electron chi connectivity index (χ3n) is 8.62. The number of hydrogen-bond acceptors (Lipinski definition) is 2.